The summed E-state index contributed by atoms with van der Waals surface area (Å²) in [6, 6.07) is 12.3. The molecule has 3 heterocycles. The maximum absolute atomic E-state index is 13.3. The van der Waals surface area contributed by atoms with E-state index in [0.717, 1.165) is 12.0 Å². The van der Waals surface area contributed by atoms with Crippen molar-refractivity contribution in [1.29, 1.82) is 0 Å². The summed E-state index contributed by atoms with van der Waals surface area (Å²) in [4.78, 5) is 30.9. The van der Waals surface area contributed by atoms with E-state index < -0.39 is 0 Å². The van der Waals surface area contributed by atoms with Crippen molar-refractivity contribution in [3.05, 3.63) is 69.9 Å². The van der Waals surface area contributed by atoms with Gasteiger partial charge in [0.1, 0.15) is 0 Å². The fraction of sp³-hybridized carbons (Fsp3) is 0.364. The van der Waals surface area contributed by atoms with Crippen LogP contribution in [0.5, 0.6) is 0 Å². The van der Waals surface area contributed by atoms with Crippen molar-refractivity contribution < 1.29 is 9.59 Å². The van der Waals surface area contributed by atoms with Crippen molar-refractivity contribution in [1.82, 2.24) is 9.80 Å². The van der Waals surface area contributed by atoms with E-state index in [1.54, 1.807) is 16.2 Å². The quantitative estimate of drug-likeness (QED) is 0.760. The first-order valence-corrected chi connectivity index (χ1v) is 10.4. The highest BCUT2D eigenvalue weighted by Gasteiger charge is 2.35. The lowest BCUT2D eigenvalue weighted by molar-refractivity contribution is -0.141. The summed E-state index contributed by atoms with van der Waals surface area (Å²) in [5.41, 5.74) is 2.36. The molecule has 0 N–H and O–H groups in total. The number of carbonyl (C=O) groups is 2. The Hall–Kier alpha value is -2.40. The Morgan fingerprint density at radius 1 is 1.15 bits per heavy atom. The molecule has 27 heavy (non-hydrogen) atoms. The zero-order chi connectivity index (χ0) is 18.8. The van der Waals surface area contributed by atoms with Crippen LogP contribution in [-0.2, 0) is 16.0 Å². The third kappa shape index (κ3) is 3.56. The second-order valence-electron chi connectivity index (χ2n) is 7.27. The standard InChI is InChI=1S/C22H24N2O2S/c1-16(15-20(25)23-11-5-6-12-23)22(26)24-13-9-19-18(10-14-27-19)21(24)17-7-3-2-4-8-17/h2-8,10,14,16,21H,9,11-13,15H2,1H3. The molecule has 140 valence electrons. The van der Waals surface area contributed by atoms with Crippen LogP contribution in [0.3, 0.4) is 0 Å². The van der Waals surface area contributed by atoms with Crippen LogP contribution >= 0.6 is 11.3 Å². The average Bonchev–Trinajstić information content (AvgIpc) is 3.38. The average molecular weight is 381 g/mol. The van der Waals surface area contributed by atoms with Crippen molar-refractivity contribution in [2.75, 3.05) is 19.6 Å². The number of hydrogen-bond acceptors (Lipinski definition) is 3. The summed E-state index contributed by atoms with van der Waals surface area (Å²) in [7, 11) is 0. The number of carbonyl (C=O) groups excluding carboxylic acids is 2. The molecule has 0 saturated heterocycles. The number of benzene rings is 1. The molecular weight excluding hydrogens is 356 g/mol. The number of rotatable bonds is 4. The van der Waals surface area contributed by atoms with Crippen molar-refractivity contribution in [2.45, 2.75) is 25.8 Å². The lowest BCUT2D eigenvalue weighted by Crippen LogP contribution is -2.43. The summed E-state index contributed by atoms with van der Waals surface area (Å²) >= 11 is 1.77. The molecule has 4 nitrogen and oxygen atoms in total. The smallest absolute Gasteiger partial charge is 0.226 e. The van der Waals surface area contributed by atoms with E-state index in [9.17, 15) is 9.59 Å². The topological polar surface area (TPSA) is 40.6 Å². The highest BCUT2D eigenvalue weighted by molar-refractivity contribution is 7.10. The summed E-state index contributed by atoms with van der Waals surface area (Å²) in [5.74, 6) is -0.184. The van der Waals surface area contributed by atoms with Crippen molar-refractivity contribution >= 4 is 23.2 Å². The minimum Gasteiger partial charge on any atom is -0.335 e. The molecule has 0 bridgehead atoms. The Labute approximate surface area is 164 Å². The fourth-order valence-corrected chi connectivity index (χ4v) is 4.90. The predicted molar refractivity (Wildman–Crippen MR) is 108 cm³/mol. The first-order valence-electron chi connectivity index (χ1n) is 9.49. The summed E-state index contributed by atoms with van der Waals surface area (Å²) in [5, 5.41) is 2.11. The Bertz CT molecular complexity index is 850. The van der Waals surface area contributed by atoms with Crippen LogP contribution in [0.1, 0.15) is 35.4 Å². The maximum atomic E-state index is 13.3. The molecule has 5 heteroatoms. The molecule has 0 saturated carbocycles. The first kappa shape index (κ1) is 18.0. The number of fused-ring (bicyclic) bond motifs is 1. The molecule has 4 rings (SSSR count). The molecule has 0 aliphatic carbocycles. The first-order chi connectivity index (χ1) is 13.1. The number of hydrogen-bond donors (Lipinski definition) is 0. The highest BCUT2D eigenvalue weighted by Crippen LogP contribution is 2.38. The SMILES string of the molecule is CC(CC(=O)N1CC=CC1)C(=O)N1CCc2sccc2C1c1ccccc1. The zero-order valence-corrected chi connectivity index (χ0v) is 16.3. The van der Waals surface area contributed by atoms with Gasteiger partial charge < -0.3 is 9.80 Å². The minimum atomic E-state index is -0.315. The Morgan fingerprint density at radius 2 is 1.89 bits per heavy atom. The second-order valence-corrected chi connectivity index (χ2v) is 8.27. The normalized spacial score (nSPS) is 19.8. The Balaban J connectivity index is 1.55. The van der Waals surface area contributed by atoms with Crippen LogP contribution in [0, 0.1) is 5.92 Å². The van der Waals surface area contributed by atoms with E-state index in [4.69, 9.17) is 0 Å². The van der Waals surface area contributed by atoms with E-state index >= 15 is 0 Å². The molecule has 2 atom stereocenters. The molecule has 2 amide bonds. The summed E-state index contributed by atoms with van der Waals surface area (Å²) < 4.78 is 0. The van der Waals surface area contributed by atoms with Crippen LogP contribution in [0.15, 0.2) is 53.9 Å². The molecule has 0 radical (unpaired) electrons. The van der Waals surface area contributed by atoms with Gasteiger partial charge >= 0.3 is 0 Å². The third-order valence-electron chi connectivity index (χ3n) is 5.44. The van der Waals surface area contributed by atoms with Crippen molar-refractivity contribution in [2.24, 2.45) is 5.92 Å². The monoisotopic (exact) mass is 380 g/mol. The molecule has 0 spiro atoms. The van der Waals surface area contributed by atoms with Gasteiger partial charge in [-0.3, -0.25) is 9.59 Å². The summed E-state index contributed by atoms with van der Waals surface area (Å²) in [6.07, 6.45) is 5.16. The molecule has 1 aromatic carbocycles. The van der Waals surface area contributed by atoms with Crippen molar-refractivity contribution in [3.63, 3.8) is 0 Å². The number of amides is 2. The van der Waals surface area contributed by atoms with Crippen molar-refractivity contribution in [3.8, 4) is 0 Å². The fourth-order valence-electron chi connectivity index (χ4n) is 3.99. The van der Waals surface area contributed by atoms with Gasteiger partial charge in [0.2, 0.25) is 11.8 Å². The zero-order valence-electron chi connectivity index (χ0n) is 15.5. The Kier molecular flexibility index (Phi) is 5.12. The van der Waals surface area contributed by atoms with Gasteiger partial charge in [-0.2, -0.15) is 0 Å². The number of thiophene rings is 1. The van der Waals surface area contributed by atoms with Gasteiger partial charge in [0, 0.05) is 36.9 Å². The molecule has 2 aliphatic rings. The van der Waals surface area contributed by atoms with Gasteiger partial charge in [0.25, 0.3) is 0 Å². The summed E-state index contributed by atoms with van der Waals surface area (Å²) in [6.45, 7) is 3.91. The van der Waals surface area contributed by atoms with E-state index in [0.29, 0.717) is 19.6 Å². The highest BCUT2D eigenvalue weighted by atomic mass is 32.1. The van der Waals surface area contributed by atoms with Gasteiger partial charge in [-0.25, -0.2) is 0 Å². The van der Waals surface area contributed by atoms with Gasteiger partial charge in [-0.15, -0.1) is 11.3 Å². The van der Waals surface area contributed by atoms with Crippen LogP contribution in [-0.4, -0.2) is 41.2 Å². The predicted octanol–water partition coefficient (Wildman–Crippen LogP) is 3.65. The molecule has 1 aromatic heterocycles. The number of nitrogens with zero attached hydrogens (tertiary/aromatic N) is 2. The lowest BCUT2D eigenvalue weighted by Gasteiger charge is -2.38. The third-order valence-corrected chi connectivity index (χ3v) is 6.43. The van der Waals surface area contributed by atoms with E-state index in [-0.39, 0.29) is 30.2 Å². The van der Waals surface area contributed by atoms with Gasteiger partial charge in [0.15, 0.2) is 0 Å². The second kappa shape index (κ2) is 7.69. The molecule has 2 unspecified atom stereocenters. The van der Waals surface area contributed by atoms with Crippen LogP contribution < -0.4 is 0 Å². The molecule has 2 aliphatic heterocycles. The minimum absolute atomic E-state index is 0.0558. The van der Waals surface area contributed by atoms with Gasteiger partial charge in [-0.1, -0.05) is 49.4 Å². The maximum Gasteiger partial charge on any atom is 0.226 e. The molecular formula is C22H24N2O2S. The lowest BCUT2D eigenvalue weighted by atomic mass is 9.91. The largest absolute Gasteiger partial charge is 0.335 e. The van der Waals surface area contributed by atoms with Crippen LogP contribution in [0.2, 0.25) is 0 Å². The Morgan fingerprint density at radius 3 is 2.63 bits per heavy atom. The van der Waals surface area contributed by atoms with E-state index in [2.05, 4.69) is 23.6 Å². The molecule has 2 aromatic rings. The van der Waals surface area contributed by atoms with Crippen LogP contribution in [0.4, 0.5) is 0 Å². The van der Waals surface area contributed by atoms with E-state index in [1.807, 2.05) is 42.2 Å². The van der Waals surface area contributed by atoms with Gasteiger partial charge in [0.05, 0.1) is 6.04 Å². The van der Waals surface area contributed by atoms with Crippen LogP contribution in [0.25, 0.3) is 0 Å². The molecule has 0 fully saturated rings. The van der Waals surface area contributed by atoms with E-state index in [1.165, 1.54) is 10.4 Å². The van der Waals surface area contributed by atoms with Gasteiger partial charge in [-0.05, 0) is 29.0 Å².